The van der Waals surface area contributed by atoms with Crippen LogP contribution in [0.3, 0.4) is 0 Å². The van der Waals surface area contributed by atoms with E-state index in [2.05, 4.69) is 25.8 Å². The van der Waals surface area contributed by atoms with Gasteiger partial charge in [0.25, 0.3) is 0 Å². The van der Waals surface area contributed by atoms with Gasteiger partial charge in [-0.1, -0.05) is 0 Å². The highest BCUT2D eigenvalue weighted by Gasteiger charge is 2.32. The number of aromatic amines is 1. The van der Waals surface area contributed by atoms with Crippen molar-refractivity contribution in [3.63, 3.8) is 0 Å². The van der Waals surface area contributed by atoms with Crippen LogP contribution < -0.4 is 20.3 Å². The van der Waals surface area contributed by atoms with Gasteiger partial charge in [0.2, 0.25) is 0 Å². The summed E-state index contributed by atoms with van der Waals surface area (Å²) in [5.41, 5.74) is 0.572. The second kappa shape index (κ2) is 11.0. The second-order valence-corrected chi connectivity index (χ2v) is 9.00. The van der Waals surface area contributed by atoms with Crippen molar-refractivity contribution in [3.05, 3.63) is 78.5 Å². The molecule has 1 saturated heterocycles. The number of urea groups is 1. The number of anilines is 3. The first-order chi connectivity index (χ1) is 18.7. The predicted molar refractivity (Wildman–Crippen MR) is 138 cm³/mol. The van der Waals surface area contributed by atoms with Crippen LogP contribution in [0.1, 0.15) is 24.8 Å². The molecule has 5 rings (SSSR count). The summed E-state index contributed by atoms with van der Waals surface area (Å²) in [5, 5.41) is 11.3. The van der Waals surface area contributed by atoms with Crippen LogP contribution in [0, 0.1) is 5.82 Å². The number of benzene rings is 2. The molecule has 0 saturated carbocycles. The second-order valence-electron chi connectivity index (χ2n) is 9.00. The van der Waals surface area contributed by atoms with E-state index in [1.54, 1.807) is 30.7 Å². The van der Waals surface area contributed by atoms with Crippen molar-refractivity contribution < 1.29 is 27.1 Å². The Morgan fingerprint density at radius 3 is 2.51 bits per heavy atom. The summed E-state index contributed by atoms with van der Waals surface area (Å²) >= 11 is 0. The van der Waals surface area contributed by atoms with E-state index >= 15 is 0 Å². The average Bonchev–Trinajstić information content (AvgIpc) is 3.46. The minimum absolute atomic E-state index is 0.0562. The summed E-state index contributed by atoms with van der Waals surface area (Å²) in [5.74, 6) is -0.107. The lowest BCUT2D eigenvalue weighted by molar-refractivity contribution is -0.137. The number of aromatic nitrogens is 3. The van der Waals surface area contributed by atoms with E-state index in [1.807, 2.05) is 4.90 Å². The third kappa shape index (κ3) is 6.46. The Kier molecular flexibility index (Phi) is 7.35. The number of rotatable bonds is 6. The number of pyridine rings is 1. The lowest BCUT2D eigenvalue weighted by Gasteiger charge is -2.29. The van der Waals surface area contributed by atoms with Crippen LogP contribution >= 0.6 is 0 Å². The smallest absolute Gasteiger partial charge is 0.416 e. The van der Waals surface area contributed by atoms with Gasteiger partial charge in [-0.25, -0.2) is 9.18 Å². The molecule has 1 aliphatic heterocycles. The number of carbonyl (C=O) groups excluding carboxylic acids is 1. The Morgan fingerprint density at radius 2 is 1.77 bits per heavy atom. The average molecular weight is 541 g/mol. The number of alkyl halides is 3. The Hall–Kier alpha value is -4.61. The third-order valence-corrected chi connectivity index (χ3v) is 6.17. The highest BCUT2D eigenvalue weighted by atomic mass is 19.4. The van der Waals surface area contributed by atoms with Gasteiger partial charge < -0.3 is 20.3 Å². The van der Waals surface area contributed by atoms with Crippen LogP contribution in [0.4, 0.5) is 39.4 Å². The predicted octanol–water partition coefficient (Wildman–Crippen LogP) is 7.06. The van der Waals surface area contributed by atoms with E-state index in [4.69, 9.17) is 4.74 Å². The molecule has 8 nitrogen and oxygen atoms in total. The zero-order valence-electron chi connectivity index (χ0n) is 20.6. The van der Waals surface area contributed by atoms with E-state index in [0.29, 0.717) is 30.2 Å². The number of carbonyl (C=O) groups is 1. The molecule has 3 heterocycles. The lowest BCUT2D eigenvalue weighted by atomic mass is 10.1. The monoisotopic (exact) mass is 540 g/mol. The van der Waals surface area contributed by atoms with Gasteiger partial charge in [-0.3, -0.25) is 10.1 Å². The van der Waals surface area contributed by atoms with Crippen molar-refractivity contribution >= 4 is 23.1 Å². The number of halogens is 4. The normalized spacial score (nSPS) is 13.7. The van der Waals surface area contributed by atoms with Gasteiger partial charge in [0.15, 0.2) is 0 Å². The van der Waals surface area contributed by atoms with Crippen LogP contribution in [0.15, 0.2) is 67.1 Å². The van der Waals surface area contributed by atoms with Crippen molar-refractivity contribution in [2.24, 2.45) is 0 Å². The minimum atomic E-state index is -4.60. The number of nitrogens with one attached hydrogen (secondary N) is 3. The Labute approximate surface area is 221 Å². The van der Waals surface area contributed by atoms with E-state index in [-0.39, 0.29) is 17.1 Å². The number of ether oxygens (including phenoxy) is 1. The van der Waals surface area contributed by atoms with E-state index in [9.17, 15) is 22.4 Å². The molecule has 0 radical (unpaired) electrons. The standard InChI is InChI=1S/C27H24F4N6O2/c28-23-5-4-21(39-22-6-7-32-24(13-22)17-15-33-34-16-17)14-25(23)36-26(38)35-19-10-18(27(29,30)31)11-20(12-19)37-8-2-1-3-9-37/h4-7,10-16H,1-3,8-9H2,(H,33,34)(H2,35,36,38). The number of piperidine rings is 1. The highest BCUT2D eigenvalue weighted by molar-refractivity contribution is 6.00. The quantitative estimate of drug-likeness (QED) is 0.228. The molecule has 12 heteroatoms. The molecule has 1 aliphatic rings. The molecule has 0 spiro atoms. The maximum atomic E-state index is 14.5. The Balaban J connectivity index is 1.31. The van der Waals surface area contributed by atoms with Gasteiger partial charge >= 0.3 is 12.2 Å². The van der Waals surface area contributed by atoms with Crippen LogP contribution in [0.2, 0.25) is 0 Å². The molecule has 39 heavy (non-hydrogen) atoms. The van der Waals surface area contributed by atoms with Crippen molar-refractivity contribution in [1.82, 2.24) is 15.2 Å². The molecule has 2 aromatic carbocycles. The fraction of sp³-hybridized carbons (Fsp3) is 0.222. The van der Waals surface area contributed by atoms with Gasteiger partial charge in [0.05, 0.1) is 23.1 Å². The van der Waals surface area contributed by atoms with Gasteiger partial charge in [-0.05, 0) is 55.7 Å². The topological polar surface area (TPSA) is 95.2 Å². The third-order valence-electron chi connectivity index (χ3n) is 6.17. The van der Waals surface area contributed by atoms with Gasteiger partial charge in [0.1, 0.15) is 17.3 Å². The van der Waals surface area contributed by atoms with Crippen LogP contribution in [-0.4, -0.2) is 34.3 Å². The number of nitrogens with zero attached hydrogens (tertiary/aromatic N) is 3. The molecule has 0 atom stereocenters. The van der Waals surface area contributed by atoms with E-state index in [1.165, 1.54) is 18.2 Å². The molecule has 0 aliphatic carbocycles. The molecule has 2 aromatic heterocycles. The molecule has 4 aromatic rings. The highest BCUT2D eigenvalue weighted by Crippen LogP contribution is 2.35. The van der Waals surface area contributed by atoms with Crippen LogP contribution in [0.5, 0.6) is 11.5 Å². The molecule has 3 N–H and O–H groups in total. The Morgan fingerprint density at radius 1 is 0.974 bits per heavy atom. The van der Waals surface area contributed by atoms with Gasteiger partial charge in [-0.2, -0.15) is 18.3 Å². The summed E-state index contributed by atoms with van der Waals surface area (Å²) in [6, 6.07) is 9.56. The molecule has 1 fully saturated rings. The van der Waals surface area contributed by atoms with Crippen molar-refractivity contribution in [3.8, 4) is 22.8 Å². The lowest BCUT2D eigenvalue weighted by Crippen LogP contribution is -2.30. The number of H-pyrrole nitrogens is 1. The fourth-order valence-electron chi connectivity index (χ4n) is 4.29. The Bertz CT molecular complexity index is 1450. The number of amides is 2. The first-order valence-electron chi connectivity index (χ1n) is 12.2. The van der Waals surface area contributed by atoms with Crippen molar-refractivity contribution in [2.45, 2.75) is 25.4 Å². The SMILES string of the molecule is O=C(Nc1cc(N2CCCCC2)cc(C(F)(F)F)c1)Nc1cc(Oc2ccnc(-c3cn[nH]c3)c2)ccc1F. The number of hydrogen-bond donors (Lipinski definition) is 3. The van der Waals surface area contributed by atoms with Crippen molar-refractivity contribution in [2.75, 3.05) is 28.6 Å². The maximum absolute atomic E-state index is 14.5. The molecule has 202 valence electrons. The van der Waals surface area contributed by atoms with Crippen LogP contribution in [-0.2, 0) is 6.18 Å². The van der Waals surface area contributed by atoms with E-state index in [0.717, 1.165) is 43.0 Å². The fourth-order valence-corrected chi connectivity index (χ4v) is 4.29. The number of hydrogen-bond acceptors (Lipinski definition) is 5. The first-order valence-corrected chi connectivity index (χ1v) is 12.2. The van der Waals surface area contributed by atoms with Crippen LogP contribution in [0.25, 0.3) is 11.3 Å². The first kappa shape index (κ1) is 26.0. The molecule has 2 amide bonds. The van der Waals surface area contributed by atoms with Crippen molar-refractivity contribution in [1.29, 1.82) is 0 Å². The molecule has 0 bridgehead atoms. The van der Waals surface area contributed by atoms with E-state index < -0.39 is 23.6 Å². The maximum Gasteiger partial charge on any atom is 0.416 e. The molecule has 0 unspecified atom stereocenters. The summed E-state index contributed by atoms with van der Waals surface area (Å²) in [4.78, 5) is 18.8. The summed E-state index contributed by atoms with van der Waals surface area (Å²) in [6.07, 6.45) is 2.99. The summed E-state index contributed by atoms with van der Waals surface area (Å²) < 4.78 is 61.0. The minimum Gasteiger partial charge on any atom is -0.457 e. The molecular formula is C27H24F4N6O2. The molecular weight excluding hydrogens is 516 g/mol. The van der Waals surface area contributed by atoms with Gasteiger partial charge in [-0.15, -0.1) is 0 Å². The zero-order chi connectivity index (χ0) is 27.4. The largest absolute Gasteiger partial charge is 0.457 e. The summed E-state index contributed by atoms with van der Waals surface area (Å²) in [6.45, 7) is 1.26. The van der Waals surface area contributed by atoms with Gasteiger partial charge in [0, 0.05) is 54.6 Å². The summed E-state index contributed by atoms with van der Waals surface area (Å²) in [7, 11) is 0. The zero-order valence-corrected chi connectivity index (χ0v) is 20.6.